The van der Waals surface area contributed by atoms with Gasteiger partial charge in [-0.3, -0.25) is 4.79 Å². The molecule has 0 spiro atoms. The Balaban J connectivity index is 1.77. The van der Waals surface area contributed by atoms with Gasteiger partial charge >= 0.3 is 0 Å². The number of para-hydroxylation sites is 1. The number of rotatable bonds is 4. The van der Waals surface area contributed by atoms with E-state index in [1.807, 2.05) is 24.3 Å². The second-order valence-corrected chi connectivity index (χ2v) is 6.70. The molecule has 0 bridgehead atoms. The summed E-state index contributed by atoms with van der Waals surface area (Å²) in [6, 6.07) is 9.75. The van der Waals surface area contributed by atoms with Crippen molar-refractivity contribution in [1.29, 1.82) is 5.26 Å². The van der Waals surface area contributed by atoms with Crippen LogP contribution < -0.4 is 10.1 Å². The lowest BCUT2D eigenvalue weighted by Gasteiger charge is -2.09. The molecule has 0 radical (unpaired) electrons. The van der Waals surface area contributed by atoms with Gasteiger partial charge in [-0.2, -0.15) is 5.26 Å². The van der Waals surface area contributed by atoms with Crippen LogP contribution in [0.2, 0.25) is 0 Å². The normalized spacial score (nSPS) is 13.3. The minimum atomic E-state index is -0.240. The third kappa shape index (κ3) is 3.34. The summed E-state index contributed by atoms with van der Waals surface area (Å²) < 4.78 is 5.26. The van der Waals surface area contributed by atoms with Crippen LogP contribution in [0.4, 0.5) is 5.00 Å². The van der Waals surface area contributed by atoms with Crippen LogP contribution >= 0.6 is 11.3 Å². The molecule has 1 aliphatic rings. The van der Waals surface area contributed by atoms with E-state index in [1.165, 1.54) is 22.3 Å². The monoisotopic (exact) mass is 338 g/mol. The zero-order chi connectivity index (χ0) is 16.9. The standard InChI is InChI=1S/C19H18N2O2S/c1-23-16-8-4-2-6-13(16)10-11-18(22)21-19-15(12-20)14-7-3-5-9-17(14)24-19/h2,4,6,8,10-11H,3,5,7,9H2,1H3,(H,21,22). The number of ether oxygens (including phenoxy) is 1. The number of anilines is 1. The first-order valence-corrected chi connectivity index (χ1v) is 8.71. The Labute approximate surface area is 145 Å². The van der Waals surface area contributed by atoms with Gasteiger partial charge < -0.3 is 10.1 Å². The van der Waals surface area contributed by atoms with Crippen molar-refractivity contribution >= 4 is 28.3 Å². The van der Waals surface area contributed by atoms with Crippen LogP contribution in [0.25, 0.3) is 6.08 Å². The molecule has 4 nitrogen and oxygen atoms in total. The smallest absolute Gasteiger partial charge is 0.249 e. The third-order valence-corrected chi connectivity index (χ3v) is 5.28. The van der Waals surface area contributed by atoms with Crippen LogP contribution in [0.15, 0.2) is 30.3 Å². The summed E-state index contributed by atoms with van der Waals surface area (Å²) in [7, 11) is 1.60. The number of amides is 1. The maximum atomic E-state index is 12.2. The van der Waals surface area contributed by atoms with Crippen LogP contribution in [0.1, 0.15) is 34.4 Å². The van der Waals surface area contributed by atoms with E-state index in [9.17, 15) is 10.1 Å². The number of aryl methyl sites for hydroxylation is 1. The molecular formula is C19H18N2O2S. The fourth-order valence-corrected chi connectivity index (χ4v) is 4.14. The van der Waals surface area contributed by atoms with E-state index in [4.69, 9.17) is 4.74 Å². The second kappa shape index (κ2) is 7.33. The summed E-state index contributed by atoms with van der Waals surface area (Å²) in [6.45, 7) is 0. The average molecular weight is 338 g/mol. The number of nitrogens with one attached hydrogen (secondary N) is 1. The molecule has 1 amide bonds. The molecule has 0 aliphatic heterocycles. The molecule has 0 fully saturated rings. The molecule has 5 heteroatoms. The SMILES string of the molecule is COc1ccccc1C=CC(=O)Nc1sc2c(c1C#N)CCCC2. The molecule has 0 atom stereocenters. The molecule has 2 aromatic rings. The highest BCUT2D eigenvalue weighted by molar-refractivity contribution is 7.16. The summed E-state index contributed by atoms with van der Waals surface area (Å²) in [6.07, 6.45) is 7.38. The van der Waals surface area contributed by atoms with Gasteiger partial charge in [0, 0.05) is 16.5 Å². The summed E-state index contributed by atoms with van der Waals surface area (Å²) in [5, 5.41) is 12.9. The summed E-state index contributed by atoms with van der Waals surface area (Å²) in [5.74, 6) is 0.474. The number of nitrogens with zero attached hydrogens (tertiary/aromatic N) is 1. The number of carbonyl (C=O) groups is 1. The lowest BCUT2D eigenvalue weighted by Crippen LogP contribution is -2.08. The largest absolute Gasteiger partial charge is 0.496 e. The fourth-order valence-electron chi connectivity index (χ4n) is 2.90. The highest BCUT2D eigenvalue weighted by Crippen LogP contribution is 2.37. The first-order valence-electron chi connectivity index (χ1n) is 7.89. The van der Waals surface area contributed by atoms with Crippen LogP contribution in [0.3, 0.4) is 0 Å². The maximum absolute atomic E-state index is 12.2. The van der Waals surface area contributed by atoms with Gasteiger partial charge in [-0.1, -0.05) is 18.2 Å². The van der Waals surface area contributed by atoms with Gasteiger partial charge in [0.05, 0.1) is 12.7 Å². The zero-order valence-electron chi connectivity index (χ0n) is 13.5. The number of carbonyl (C=O) groups excluding carboxylic acids is 1. The van der Waals surface area contributed by atoms with Crippen LogP contribution in [-0.2, 0) is 17.6 Å². The summed E-state index contributed by atoms with van der Waals surface area (Å²) >= 11 is 1.53. The molecule has 122 valence electrons. The molecule has 1 aromatic carbocycles. The lowest BCUT2D eigenvalue weighted by atomic mass is 9.96. The van der Waals surface area contributed by atoms with E-state index in [0.29, 0.717) is 16.3 Å². The van der Waals surface area contributed by atoms with Crippen LogP contribution in [-0.4, -0.2) is 13.0 Å². The highest BCUT2D eigenvalue weighted by atomic mass is 32.1. The molecule has 1 N–H and O–H groups in total. The number of nitriles is 1. The van der Waals surface area contributed by atoms with Crippen molar-refractivity contribution in [2.45, 2.75) is 25.7 Å². The highest BCUT2D eigenvalue weighted by Gasteiger charge is 2.21. The molecule has 3 rings (SSSR count). The van der Waals surface area contributed by atoms with E-state index in [0.717, 1.165) is 36.8 Å². The van der Waals surface area contributed by atoms with E-state index in [2.05, 4.69) is 11.4 Å². The zero-order valence-corrected chi connectivity index (χ0v) is 14.3. The number of hydrogen-bond donors (Lipinski definition) is 1. The molecular weight excluding hydrogens is 320 g/mol. The van der Waals surface area contributed by atoms with Crippen LogP contribution in [0, 0.1) is 11.3 Å². The Morgan fingerprint density at radius 3 is 2.92 bits per heavy atom. The maximum Gasteiger partial charge on any atom is 0.249 e. The topological polar surface area (TPSA) is 62.1 Å². The fraction of sp³-hybridized carbons (Fsp3) is 0.263. The summed E-state index contributed by atoms with van der Waals surface area (Å²) in [5.41, 5.74) is 2.59. The molecule has 0 unspecified atom stereocenters. The number of thiophene rings is 1. The van der Waals surface area contributed by atoms with E-state index in [-0.39, 0.29) is 5.91 Å². The number of hydrogen-bond acceptors (Lipinski definition) is 4. The van der Waals surface area contributed by atoms with Crippen molar-refractivity contribution in [2.24, 2.45) is 0 Å². The second-order valence-electron chi connectivity index (χ2n) is 5.59. The van der Waals surface area contributed by atoms with E-state index >= 15 is 0 Å². The predicted molar refractivity (Wildman–Crippen MR) is 96.3 cm³/mol. The van der Waals surface area contributed by atoms with Crippen molar-refractivity contribution in [2.75, 3.05) is 12.4 Å². The lowest BCUT2D eigenvalue weighted by molar-refractivity contribution is -0.111. The van der Waals surface area contributed by atoms with E-state index in [1.54, 1.807) is 13.2 Å². The minimum Gasteiger partial charge on any atom is -0.496 e. The van der Waals surface area contributed by atoms with Crippen molar-refractivity contribution in [3.8, 4) is 11.8 Å². The predicted octanol–water partition coefficient (Wildman–Crippen LogP) is 4.16. The molecule has 1 aliphatic carbocycles. The van der Waals surface area contributed by atoms with Crippen molar-refractivity contribution < 1.29 is 9.53 Å². The van der Waals surface area contributed by atoms with Gasteiger partial charge in [0.25, 0.3) is 0 Å². The Morgan fingerprint density at radius 2 is 2.12 bits per heavy atom. The van der Waals surface area contributed by atoms with Gasteiger partial charge in [-0.25, -0.2) is 0 Å². The Hall–Kier alpha value is -2.58. The van der Waals surface area contributed by atoms with Crippen LogP contribution in [0.5, 0.6) is 5.75 Å². The molecule has 1 heterocycles. The van der Waals surface area contributed by atoms with Gasteiger partial charge in [0.15, 0.2) is 0 Å². The Bertz CT molecular complexity index is 830. The van der Waals surface area contributed by atoms with Gasteiger partial charge in [0.1, 0.15) is 16.8 Å². The molecule has 0 saturated heterocycles. The number of fused-ring (bicyclic) bond motifs is 1. The van der Waals surface area contributed by atoms with E-state index < -0.39 is 0 Å². The summed E-state index contributed by atoms with van der Waals surface area (Å²) in [4.78, 5) is 13.5. The molecule has 24 heavy (non-hydrogen) atoms. The Morgan fingerprint density at radius 1 is 1.33 bits per heavy atom. The average Bonchev–Trinajstić information content (AvgIpc) is 2.97. The van der Waals surface area contributed by atoms with Crippen molar-refractivity contribution in [3.63, 3.8) is 0 Å². The molecule has 1 aromatic heterocycles. The molecule has 0 saturated carbocycles. The minimum absolute atomic E-state index is 0.240. The number of methoxy groups -OCH3 is 1. The quantitative estimate of drug-likeness (QED) is 0.852. The van der Waals surface area contributed by atoms with Gasteiger partial charge in [0.2, 0.25) is 5.91 Å². The number of benzene rings is 1. The van der Waals surface area contributed by atoms with Crippen molar-refractivity contribution in [3.05, 3.63) is 51.9 Å². The first kappa shape index (κ1) is 16.3. The van der Waals surface area contributed by atoms with Crippen molar-refractivity contribution in [1.82, 2.24) is 0 Å². The Kier molecular flexibility index (Phi) is 4.97. The van der Waals surface area contributed by atoms with Gasteiger partial charge in [-0.05, 0) is 43.4 Å². The first-order chi connectivity index (χ1) is 11.7. The van der Waals surface area contributed by atoms with Gasteiger partial charge in [-0.15, -0.1) is 11.3 Å². The third-order valence-electron chi connectivity index (χ3n) is 4.07.